The molecular formula is C12H14FNO. The van der Waals surface area contributed by atoms with Gasteiger partial charge in [0.15, 0.2) is 0 Å². The molecule has 0 spiro atoms. The lowest BCUT2D eigenvalue weighted by molar-refractivity contribution is 0.281. The minimum Gasteiger partial charge on any atom is -0.392 e. The average molecular weight is 207 g/mol. The molecule has 0 bridgehead atoms. The molecule has 1 aromatic carbocycles. The maximum absolute atomic E-state index is 13.3. The van der Waals surface area contributed by atoms with E-state index in [1.165, 1.54) is 6.07 Å². The van der Waals surface area contributed by atoms with Gasteiger partial charge in [-0.2, -0.15) is 0 Å². The molecule has 80 valence electrons. The molecule has 0 aromatic heterocycles. The summed E-state index contributed by atoms with van der Waals surface area (Å²) in [6.45, 7) is 0.647. The highest BCUT2D eigenvalue weighted by Gasteiger charge is 1.99. The molecule has 2 N–H and O–H groups in total. The van der Waals surface area contributed by atoms with Crippen molar-refractivity contribution in [2.45, 2.75) is 13.0 Å². The molecule has 1 rings (SSSR count). The summed E-state index contributed by atoms with van der Waals surface area (Å²) < 4.78 is 13.3. The van der Waals surface area contributed by atoms with Crippen LogP contribution in [0.1, 0.15) is 17.5 Å². The van der Waals surface area contributed by atoms with Gasteiger partial charge in [-0.1, -0.05) is 17.9 Å². The van der Waals surface area contributed by atoms with E-state index in [9.17, 15) is 4.39 Å². The third kappa shape index (κ3) is 3.70. The predicted molar refractivity (Wildman–Crippen MR) is 57.7 cm³/mol. The molecule has 0 saturated heterocycles. The Kier molecular flexibility index (Phi) is 4.82. The van der Waals surface area contributed by atoms with Crippen molar-refractivity contribution < 1.29 is 9.50 Å². The zero-order valence-electron chi connectivity index (χ0n) is 8.68. The number of benzene rings is 1. The number of halogens is 1. The van der Waals surface area contributed by atoms with Gasteiger partial charge in [0.2, 0.25) is 0 Å². The highest BCUT2D eigenvalue weighted by atomic mass is 19.1. The number of rotatable bonds is 3. The van der Waals surface area contributed by atoms with Crippen molar-refractivity contribution in [3.05, 3.63) is 35.1 Å². The summed E-state index contributed by atoms with van der Waals surface area (Å²) in [4.78, 5) is 0. The second-order valence-corrected chi connectivity index (χ2v) is 3.13. The Morgan fingerprint density at radius 1 is 1.47 bits per heavy atom. The number of aliphatic hydroxyl groups excluding tert-OH is 1. The first-order valence-electron chi connectivity index (χ1n) is 4.80. The molecule has 1 aromatic rings. The van der Waals surface area contributed by atoms with Crippen molar-refractivity contribution in [3.8, 4) is 11.8 Å². The summed E-state index contributed by atoms with van der Waals surface area (Å²) in [5.41, 5.74) is 0.941. The van der Waals surface area contributed by atoms with Crippen LogP contribution >= 0.6 is 0 Å². The number of hydrogen-bond donors (Lipinski definition) is 2. The lowest BCUT2D eigenvalue weighted by atomic mass is 10.1. The van der Waals surface area contributed by atoms with Crippen molar-refractivity contribution >= 4 is 0 Å². The standard InChI is InChI=1S/C12H14FNO/c1-14-7-3-2-4-11-6-5-10(9-15)8-12(11)13/h5-6,8,14-15H,3,7,9H2,1H3. The van der Waals surface area contributed by atoms with Crippen molar-refractivity contribution in [1.82, 2.24) is 5.32 Å². The predicted octanol–water partition coefficient (Wildman–Crippen LogP) is 1.28. The normalized spacial score (nSPS) is 9.53. The lowest BCUT2D eigenvalue weighted by Crippen LogP contribution is -2.05. The van der Waals surface area contributed by atoms with Crippen LogP contribution in [0.4, 0.5) is 4.39 Å². The topological polar surface area (TPSA) is 32.3 Å². The largest absolute Gasteiger partial charge is 0.392 e. The summed E-state index contributed by atoms with van der Waals surface area (Å²) in [5.74, 6) is 5.24. The van der Waals surface area contributed by atoms with Crippen LogP contribution in [0, 0.1) is 17.7 Å². The van der Waals surface area contributed by atoms with E-state index in [1.807, 2.05) is 7.05 Å². The molecule has 0 radical (unpaired) electrons. The quantitative estimate of drug-likeness (QED) is 0.578. The van der Waals surface area contributed by atoms with Crippen molar-refractivity contribution in [3.63, 3.8) is 0 Å². The summed E-state index contributed by atoms with van der Waals surface area (Å²) >= 11 is 0. The average Bonchev–Trinajstić information content (AvgIpc) is 2.26. The lowest BCUT2D eigenvalue weighted by Gasteiger charge is -1.98. The molecule has 0 saturated carbocycles. The zero-order valence-corrected chi connectivity index (χ0v) is 8.68. The molecule has 15 heavy (non-hydrogen) atoms. The van der Waals surface area contributed by atoms with Crippen LogP contribution in [0.15, 0.2) is 18.2 Å². The Morgan fingerprint density at radius 2 is 2.27 bits per heavy atom. The van der Waals surface area contributed by atoms with E-state index in [4.69, 9.17) is 5.11 Å². The van der Waals surface area contributed by atoms with Crippen molar-refractivity contribution in [2.75, 3.05) is 13.6 Å². The molecule has 0 unspecified atom stereocenters. The van der Waals surface area contributed by atoms with Gasteiger partial charge in [0.1, 0.15) is 5.82 Å². The van der Waals surface area contributed by atoms with Crippen LogP contribution < -0.4 is 5.32 Å². The molecule has 0 atom stereocenters. The molecule has 0 aliphatic heterocycles. The van der Waals surface area contributed by atoms with Gasteiger partial charge in [0, 0.05) is 13.0 Å². The molecule has 2 nitrogen and oxygen atoms in total. The minimum atomic E-state index is -0.376. The third-order valence-electron chi connectivity index (χ3n) is 1.94. The van der Waals surface area contributed by atoms with E-state index >= 15 is 0 Å². The third-order valence-corrected chi connectivity index (χ3v) is 1.94. The van der Waals surface area contributed by atoms with Gasteiger partial charge >= 0.3 is 0 Å². The summed E-state index contributed by atoms with van der Waals surface area (Å²) in [7, 11) is 1.85. The summed E-state index contributed by atoms with van der Waals surface area (Å²) in [5, 5.41) is 11.7. The Hall–Kier alpha value is -1.37. The van der Waals surface area contributed by atoms with Gasteiger partial charge in [-0.25, -0.2) is 4.39 Å². The van der Waals surface area contributed by atoms with Crippen molar-refractivity contribution in [2.24, 2.45) is 0 Å². The van der Waals surface area contributed by atoms with Gasteiger partial charge in [0.05, 0.1) is 12.2 Å². The van der Waals surface area contributed by atoms with Gasteiger partial charge < -0.3 is 10.4 Å². The minimum absolute atomic E-state index is 0.148. The fraction of sp³-hybridized carbons (Fsp3) is 0.333. The zero-order chi connectivity index (χ0) is 11.1. The fourth-order valence-electron chi connectivity index (χ4n) is 1.10. The maximum Gasteiger partial charge on any atom is 0.139 e. The first-order valence-corrected chi connectivity index (χ1v) is 4.80. The Morgan fingerprint density at radius 3 is 2.87 bits per heavy atom. The summed E-state index contributed by atoms with van der Waals surface area (Å²) in [6.07, 6.45) is 0.692. The van der Waals surface area contributed by atoms with E-state index in [1.54, 1.807) is 12.1 Å². The van der Waals surface area contributed by atoms with Crippen molar-refractivity contribution in [1.29, 1.82) is 0 Å². The van der Waals surface area contributed by atoms with Crippen LogP contribution in [0.2, 0.25) is 0 Å². The Labute approximate surface area is 89.1 Å². The molecule has 0 heterocycles. The molecule has 0 aliphatic carbocycles. The monoisotopic (exact) mass is 207 g/mol. The van der Waals surface area contributed by atoms with Crippen LogP contribution in [-0.2, 0) is 6.61 Å². The molecule has 0 aliphatic rings. The van der Waals surface area contributed by atoms with E-state index in [0.717, 1.165) is 6.54 Å². The van der Waals surface area contributed by atoms with Gasteiger partial charge in [0.25, 0.3) is 0 Å². The Balaban J connectivity index is 2.72. The van der Waals surface area contributed by atoms with E-state index in [2.05, 4.69) is 17.2 Å². The highest BCUT2D eigenvalue weighted by molar-refractivity contribution is 5.37. The number of hydrogen-bond acceptors (Lipinski definition) is 2. The van der Waals surface area contributed by atoms with Gasteiger partial charge in [-0.3, -0.25) is 0 Å². The molecule has 3 heteroatoms. The van der Waals surface area contributed by atoms with E-state index in [0.29, 0.717) is 17.5 Å². The highest BCUT2D eigenvalue weighted by Crippen LogP contribution is 2.09. The van der Waals surface area contributed by atoms with E-state index in [-0.39, 0.29) is 12.4 Å². The van der Waals surface area contributed by atoms with Gasteiger partial charge in [-0.05, 0) is 24.7 Å². The van der Waals surface area contributed by atoms with Crippen LogP contribution in [0.5, 0.6) is 0 Å². The first kappa shape index (κ1) is 11.7. The van der Waals surface area contributed by atoms with Crippen LogP contribution in [-0.4, -0.2) is 18.7 Å². The van der Waals surface area contributed by atoms with Crippen LogP contribution in [0.3, 0.4) is 0 Å². The van der Waals surface area contributed by atoms with Gasteiger partial charge in [-0.15, -0.1) is 0 Å². The number of nitrogens with one attached hydrogen (secondary N) is 1. The second-order valence-electron chi connectivity index (χ2n) is 3.13. The molecule has 0 fully saturated rings. The maximum atomic E-state index is 13.3. The number of aliphatic hydroxyl groups is 1. The summed E-state index contributed by atoms with van der Waals surface area (Å²) in [6, 6.07) is 4.57. The van der Waals surface area contributed by atoms with Crippen LogP contribution in [0.25, 0.3) is 0 Å². The molecular weight excluding hydrogens is 193 g/mol. The first-order chi connectivity index (χ1) is 7.27. The SMILES string of the molecule is CNCCC#Cc1ccc(CO)cc1F. The molecule has 0 amide bonds. The Bertz CT molecular complexity index is 379. The smallest absolute Gasteiger partial charge is 0.139 e. The van der Waals surface area contributed by atoms with E-state index < -0.39 is 0 Å². The second kappa shape index (κ2) is 6.18. The fourth-order valence-corrected chi connectivity index (χ4v) is 1.10.